The van der Waals surface area contributed by atoms with Crippen molar-refractivity contribution >= 4 is 58.7 Å². The summed E-state index contributed by atoms with van der Waals surface area (Å²) in [4.78, 5) is 77.7. The van der Waals surface area contributed by atoms with Crippen molar-refractivity contribution in [3.63, 3.8) is 0 Å². The zero-order valence-electron chi connectivity index (χ0n) is 28.3. The van der Waals surface area contributed by atoms with Gasteiger partial charge in [0.1, 0.15) is 23.0 Å². The van der Waals surface area contributed by atoms with Crippen LogP contribution in [0.2, 0.25) is 10.0 Å². The highest BCUT2D eigenvalue weighted by atomic mass is 35.5. The SMILES string of the molecule is C1CNCCN1.CC(=O)O[C@H]1c2nccnc2C(=O)N1c1ccc(Cl)cn1.O=C(O[C@H]1c2nccnc2C(=O)N1c1ccc(Cl)cn1)N1CCNCC1. The lowest BCUT2D eigenvalue weighted by Gasteiger charge is -2.30. The van der Waals surface area contributed by atoms with Gasteiger partial charge >= 0.3 is 12.1 Å². The van der Waals surface area contributed by atoms with Crippen LogP contribution in [0.4, 0.5) is 16.4 Å². The van der Waals surface area contributed by atoms with Crippen LogP contribution in [-0.2, 0) is 14.3 Å². The number of fused-ring (bicyclic) bond motifs is 2. The molecule has 2 atom stereocenters. The Balaban J connectivity index is 0.000000159. The summed E-state index contributed by atoms with van der Waals surface area (Å²) in [5.74, 6) is -0.793. The van der Waals surface area contributed by atoms with E-state index in [0.29, 0.717) is 47.9 Å². The molecule has 3 amide bonds. The number of aromatic nitrogens is 6. The molecule has 0 unspecified atom stereocenters. The van der Waals surface area contributed by atoms with Crippen molar-refractivity contribution in [3.05, 3.63) is 94.3 Å². The van der Waals surface area contributed by atoms with Crippen LogP contribution in [0.5, 0.6) is 0 Å². The summed E-state index contributed by atoms with van der Waals surface area (Å²) in [5, 5.41) is 10.5. The molecule has 0 saturated carbocycles. The maximum Gasteiger partial charge on any atom is 0.412 e. The third kappa shape index (κ3) is 8.81. The van der Waals surface area contributed by atoms with Crippen LogP contribution in [0.15, 0.2) is 61.4 Å². The van der Waals surface area contributed by atoms with Crippen LogP contribution in [0.3, 0.4) is 0 Å². The van der Waals surface area contributed by atoms with E-state index in [1.165, 1.54) is 53.9 Å². The van der Waals surface area contributed by atoms with Gasteiger partial charge in [0.25, 0.3) is 11.8 Å². The molecule has 53 heavy (non-hydrogen) atoms. The van der Waals surface area contributed by atoms with Crippen molar-refractivity contribution in [2.45, 2.75) is 19.4 Å². The highest BCUT2D eigenvalue weighted by molar-refractivity contribution is 6.30. The molecule has 0 aliphatic carbocycles. The Morgan fingerprint density at radius 1 is 0.642 bits per heavy atom. The monoisotopic (exact) mass is 764 g/mol. The summed E-state index contributed by atoms with van der Waals surface area (Å²) in [5.41, 5.74) is 0.857. The molecule has 2 fully saturated rings. The molecular formula is C33H34Cl2N12O6. The molecule has 3 N–H and O–H groups in total. The first kappa shape index (κ1) is 37.4. The van der Waals surface area contributed by atoms with Gasteiger partial charge in [0.2, 0.25) is 12.5 Å². The summed E-state index contributed by atoms with van der Waals surface area (Å²) in [7, 11) is 0. The average molecular weight is 766 g/mol. The largest absolute Gasteiger partial charge is 0.435 e. The van der Waals surface area contributed by atoms with Crippen molar-refractivity contribution < 1.29 is 28.7 Å². The number of halogens is 2. The van der Waals surface area contributed by atoms with Gasteiger partial charge in [0.05, 0.1) is 10.0 Å². The number of ether oxygens (including phenoxy) is 2. The second-order valence-electron chi connectivity index (χ2n) is 11.5. The van der Waals surface area contributed by atoms with Crippen LogP contribution >= 0.6 is 23.2 Å². The van der Waals surface area contributed by atoms with Gasteiger partial charge in [0, 0.05) is 96.5 Å². The maximum atomic E-state index is 12.8. The predicted octanol–water partition coefficient (Wildman–Crippen LogP) is 2.15. The van der Waals surface area contributed by atoms with E-state index in [4.69, 9.17) is 32.7 Å². The molecule has 4 aromatic heterocycles. The number of rotatable bonds is 4. The number of carbonyl (C=O) groups is 4. The molecule has 0 bridgehead atoms. The van der Waals surface area contributed by atoms with Gasteiger partial charge in [-0.3, -0.25) is 24.4 Å². The number of anilines is 2. The van der Waals surface area contributed by atoms with Crippen molar-refractivity contribution in [3.8, 4) is 0 Å². The Bertz CT molecular complexity index is 1920. The highest BCUT2D eigenvalue weighted by Gasteiger charge is 2.45. The van der Waals surface area contributed by atoms with Gasteiger partial charge in [-0.1, -0.05) is 23.2 Å². The molecule has 4 aromatic rings. The summed E-state index contributed by atoms with van der Waals surface area (Å²) in [6.45, 7) is 8.26. The lowest BCUT2D eigenvalue weighted by Crippen LogP contribution is -2.47. The number of hydrogen-bond donors (Lipinski definition) is 3. The molecule has 18 nitrogen and oxygen atoms in total. The molecule has 0 radical (unpaired) electrons. The van der Waals surface area contributed by atoms with Crippen LogP contribution in [-0.4, -0.2) is 111 Å². The van der Waals surface area contributed by atoms with Gasteiger partial charge in [0.15, 0.2) is 11.4 Å². The number of nitrogens with one attached hydrogen (secondary N) is 3. The molecule has 0 spiro atoms. The molecule has 20 heteroatoms. The number of piperazine rings is 2. The minimum atomic E-state index is -1.03. The lowest BCUT2D eigenvalue weighted by molar-refractivity contribution is -0.146. The molecule has 276 valence electrons. The molecular weight excluding hydrogens is 731 g/mol. The number of nitrogens with zero attached hydrogens (tertiary/aromatic N) is 9. The van der Waals surface area contributed by atoms with E-state index >= 15 is 0 Å². The Morgan fingerprint density at radius 2 is 1.08 bits per heavy atom. The predicted molar refractivity (Wildman–Crippen MR) is 190 cm³/mol. The van der Waals surface area contributed by atoms with E-state index < -0.39 is 36.3 Å². The number of amides is 3. The summed E-state index contributed by atoms with van der Waals surface area (Å²) in [6.07, 6.45) is 6.02. The standard InChI is InChI=1S/C16H15ClN6O3.C13H9ClN4O3.C4H10N2/c17-10-1-2-11(21-9-10)23-14(24)12-13(20-4-3-19-12)15(23)26-16(25)22-7-5-18-6-8-22;1-7(19)21-13-11-10(15-4-5-16-11)12(20)18(13)9-3-2-8(14)6-17-9;1-2-6-4-3-5-1/h1-4,9,15,18H,5-8H2;2-6,13H,1H3;5-6H,1-4H2/t15-;13-;/m00./s1. The number of carbonyl (C=O) groups excluding carboxylic acids is 4. The van der Waals surface area contributed by atoms with Crippen LogP contribution in [0.25, 0.3) is 0 Å². The van der Waals surface area contributed by atoms with Crippen molar-refractivity contribution in [2.75, 3.05) is 62.2 Å². The molecule has 4 aliphatic rings. The van der Waals surface area contributed by atoms with Gasteiger partial charge < -0.3 is 30.3 Å². The van der Waals surface area contributed by atoms with E-state index in [9.17, 15) is 19.2 Å². The zero-order valence-corrected chi connectivity index (χ0v) is 29.8. The fraction of sp³-hybridized carbons (Fsp3) is 0.333. The minimum Gasteiger partial charge on any atom is -0.435 e. The van der Waals surface area contributed by atoms with E-state index in [-0.39, 0.29) is 22.8 Å². The highest BCUT2D eigenvalue weighted by Crippen LogP contribution is 2.37. The number of pyridine rings is 2. The van der Waals surface area contributed by atoms with Crippen molar-refractivity contribution in [1.82, 2.24) is 50.8 Å². The Hall–Kier alpha value is -5.40. The van der Waals surface area contributed by atoms with Gasteiger partial charge in [-0.05, 0) is 24.3 Å². The van der Waals surface area contributed by atoms with Gasteiger partial charge in [-0.15, -0.1) is 0 Å². The van der Waals surface area contributed by atoms with E-state index in [1.807, 2.05) is 0 Å². The second-order valence-corrected chi connectivity index (χ2v) is 12.4. The normalized spacial score (nSPS) is 18.9. The van der Waals surface area contributed by atoms with E-state index in [1.54, 1.807) is 29.2 Å². The minimum absolute atomic E-state index is 0.139. The van der Waals surface area contributed by atoms with Crippen LogP contribution in [0.1, 0.15) is 51.7 Å². The molecule has 0 aromatic carbocycles. The molecule has 8 rings (SSSR count). The first-order valence-electron chi connectivity index (χ1n) is 16.5. The quantitative estimate of drug-likeness (QED) is 0.254. The van der Waals surface area contributed by atoms with Gasteiger partial charge in [-0.2, -0.15) is 0 Å². The van der Waals surface area contributed by atoms with E-state index in [2.05, 4.69) is 45.9 Å². The van der Waals surface area contributed by atoms with E-state index in [0.717, 1.165) is 26.2 Å². The summed E-state index contributed by atoms with van der Waals surface area (Å²) < 4.78 is 10.8. The van der Waals surface area contributed by atoms with Crippen molar-refractivity contribution in [2.24, 2.45) is 0 Å². The Morgan fingerprint density at radius 3 is 1.49 bits per heavy atom. The molecule has 8 heterocycles. The Labute approximate surface area is 313 Å². The smallest absolute Gasteiger partial charge is 0.412 e. The fourth-order valence-electron chi connectivity index (χ4n) is 5.54. The summed E-state index contributed by atoms with van der Waals surface area (Å²) >= 11 is 11.7. The zero-order chi connectivity index (χ0) is 37.3. The second kappa shape index (κ2) is 17.4. The first-order chi connectivity index (χ1) is 25.7. The maximum absolute atomic E-state index is 12.8. The topological polar surface area (TPSA) is 210 Å². The average Bonchev–Trinajstić information content (AvgIpc) is 3.62. The molecule has 4 aliphatic heterocycles. The third-order valence-electron chi connectivity index (χ3n) is 7.97. The van der Waals surface area contributed by atoms with Crippen LogP contribution in [0, 0.1) is 0 Å². The first-order valence-corrected chi connectivity index (χ1v) is 17.3. The Kier molecular flexibility index (Phi) is 12.3. The fourth-order valence-corrected chi connectivity index (χ4v) is 5.76. The van der Waals surface area contributed by atoms with Crippen LogP contribution < -0.4 is 25.8 Å². The number of hydrogen-bond acceptors (Lipinski definition) is 15. The van der Waals surface area contributed by atoms with Gasteiger partial charge in [-0.25, -0.2) is 34.5 Å². The third-order valence-corrected chi connectivity index (χ3v) is 8.42. The summed E-state index contributed by atoms with van der Waals surface area (Å²) in [6, 6.07) is 6.34. The number of esters is 1. The van der Waals surface area contributed by atoms with Crippen molar-refractivity contribution in [1.29, 1.82) is 0 Å². The lowest BCUT2D eigenvalue weighted by atomic mass is 10.3. The molecule has 2 saturated heterocycles.